The van der Waals surface area contributed by atoms with Crippen LogP contribution in [0.1, 0.15) is 22.9 Å². The molecule has 10 nitrogen and oxygen atoms in total. The summed E-state index contributed by atoms with van der Waals surface area (Å²) in [7, 11) is -4.30. The molecular formula is C26H22ClFN4O6S. The number of para-hydroxylation sites is 1. The van der Waals surface area contributed by atoms with Crippen LogP contribution in [0.25, 0.3) is 5.69 Å². The lowest BCUT2D eigenvalue weighted by molar-refractivity contribution is -0.133. The maximum absolute atomic E-state index is 13.6. The minimum Gasteiger partial charge on any atom is -0.489 e. The third-order valence-corrected chi connectivity index (χ3v) is 8.59. The molecule has 4 aromatic rings. The predicted octanol–water partition coefficient (Wildman–Crippen LogP) is 3.33. The highest BCUT2D eigenvalue weighted by atomic mass is 35.5. The van der Waals surface area contributed by atoms with Crippen molar-refractivity contribution in [3.63, 3.8) is 0 Å². The molecule has 1 aliphatic heterocycles. The average Bonchev–Trinajstić information content (AvgIpc) is 3.28. The van der Waals surface area contributed by atoms with Gasteiger partial charge in [-0.3, -0.25) is 19.9 Å². The molecule has 0 bridgehead atoms. The van der Waals surface area contributed by atoms with Crippen LogP contribution in [0.15, 0.2) is 82.5 Å². The van der Waals surface area contributed by atoms with Crippen molar-refractivity contribution in [1.29, 1.82) is 0 Å². The highest BCUT2D eigenvalue weighted by Crippen LogP contribution is 2.33. The fourth-order valence-electron chi connectivity index (χ4n) is 4.45. The number of fused-ring (bicyclic) bond motifs is 1. The van der Waals surface area contributed by atoms with Crippen LogP contribution in [0, 0.1) is 5.82 Å². The van der Waals surface area contributed by atoms with Crippen molar-refractivity contribution in [2.24, 2.45) is 0 Å². The first-order chi connectivity index (χ1) is 18.7. The van der Waals surface area contributed by atoms with Crippen LogP contribution in [-0.4, -0.2) is 40.2 Å². The molecule has 1 aromatic heterocycles. The number of aromatic nitrogens is 2. The van der Waals surface area contributed by atoms with Crippen molar-refractivity contribution < 1.29 is 27.5 Å². The van der Waals surface area contributed by atoms with Gasteiger partial charge in [0.25, 0.3) is 11.5 Å². The highest BCUT2D eigenvalue weighted by molar-refractivity contribution is 7.89. The van der Waals surface area contributed by atoms with Crippen LogP contribution in [0.3, 0.4) is 0 Å². The Morgan fingerprint density at radius 2 is 1.85 bits per heavy atom. The molecule has 1 amide bonds. The quantitative estimate of drug-likeness (QED) is 0.230. The molecular weight excluding hydrogens is 551 g/mol. The van der Waals surface area contributed by atoms with E-state index in [1.807, 2.05) is 0 Å². The van der Waals surface area contributed by atoms with Gasteiger partial charge in [0.05, 0.1) is 21.2 Å². The Hall–Kier alpha value is -3.97. The first-order valence-corrected chi connectivity index (χ1v) is 13.5. The lowest BCUT2D eigenvalue weighted by Gasteiger charge is -2.32. The van der Waals surface area contributed by atoms with Crippen LogP contribution in [0.2, 0.25) is 5.02 Å². The second-order valence-corrected chi connectivity index (χ2v) is 11.0. The monoisotopic (exact) mass is 572 g/mol. The zero-order valence-electron chi connectivity index (χ0n) is 20.2. The summed E-state index contributed by atoms with van der Waals surface area (Å²) in [5.41, 5.74) is 2.26. The van der Waals surface area contributed by atoms with E-state index in [2.05, 4.69) is 5.10 Å². The Bertz CT molecular complexity index is 1690. The van der Waals surface area contributed by atoms with Gasteiger partial charge in [0.15, 0.2) is 0 Å². The number of aromatic amines is 1. The van der Waals surface area contributed by atoms with Gasteiger partial charge in [-0.1, -0.05) is 35.9 Å². The molecule has 39 heavy (non-hydrogen) atoms. The van der Waals surface area contributed by atoms with E-state index in [9.17, 15) is 27.6 Å². The number of halogens is 2. The van der Waals surface area contributed by atoms with Crippen LogP contribution >= 0.6 is 11.6 Å². The van der Waals surface area contributed by atoms with Gasteiger partial charge in [-0.25, -0.2) is 23.0 Å². The Balaban J connectivity index is 1.43. The molecule has 0 aliphatic carbocycles. The molecule has 1 unspecified atom stereocenters. The van der Waals surface area contributed by atoms with E-state index in [1.165, 1.54) is 46.6 Å². The van der Waals surface area contributed by atoms with E-state index in [0.29, 0.717) is 22.7 Å². The number of carbonyl (C=O) groups is 1. The predicted molar refractivity (Wildman–Crippen MR) is 139 cm³/mol. The topological polar surface area (TPSA) is 134 Å². The first kappa shape index (κ1) is 26.6. The highest BCUT2D eigenvalue weighted by Gasteiger charge is 2.43. The van der Waals surface area contributed by atoms with Gasteiger partial charge >= 0.3 is 0 Å². The van der Waals surface area contributed by atoms with Crippen LogP contribution in [0.4, 0.5) is 4.39 Å². The largest absolute Gasteiger partial charge is 0.489 e. The van der Waals surface area contributed by atoms with E-state index in [-0.39, 0.29) is 35.1 Å². The van der Waals surface area contributed by atoms with Crippen LogP contribution < -0.4 is 15.8 Å². The molecule has 1 aliphatic rings. The molecule has 0 saturated heterocycles. The summed E-state index contributed by atoms with van der Waals surface area (Å²) in [6.45, 7) is -0.0937. The molecule has 0 radical (unpaired) electrons. The first-order valence-electron chi connectivity index (χ1n) is 11.7. The third-order valence-electron chi connectivity index (χ3n) is 6.36. The molecule has 3 N–H and O–H groups in total. The van der Waals surface area contributed by atoms with E-state index in [1.54, 1.807) is 30.3 Å². The normalized spacial score (nSPS) is 15.5. The number of carbonyl (C=O) groups excluding carboxylic acids is 1. The number of nitrogens with one attached hydrogen (secondary N) is 2. The SMILES string of the molecule is O=C(NO)C1c2c([nH]n(-c3ccccc3)c2=O)CCN1S(=O)(=O)c1ccc(OCc2ccc(F)cc2Cl)cc1. The Morgan fingerprint density at radius 3 is 2.51 bits per heavy atom. The lowest BCUT2D eigenvalue weighted by Crippen LogP contribution is -2.48. The van der Waals surface area contributed by atoms with Gasteiger partial charge in [-0.05, 0) is 48.5 Å². The van der Waals surface area contributed by atoms with E-state index in [0.717, 1.165) is 10.4 Å². The van der Waals surface area contributed by atoms with Gasteiger partial charge in [0, 0.05) is 24.2 Å². The smallest absolute Gasteiger partial charge is 0.276 e. The minimum absolute atomic E-state index is 0.0278. The molecule has 202 valence electrons. The number of hydrogen-bond acceptors (Lipinski definition) is 6. The second kappa shape index (κ2) is 10.7. The van der Waals surface area contributed by atoms with Gasteiger partial charge in [0.2, 0.25) is 10.0 Å². The van der Waals surface area contributed by atoms with Gasteiger partial charge in [-0.2, -0.15) is 4.31 Å². The van der Waals surface area contributed by atoms with Gasteiger partial charge in [-0.15, -0.1) is 0 Å². The molecule has 0 saturated carbocycles. The van der Waals surface area contributed by atoms with E-state index in [4.69, 9.17) is 16.3 Å². The number of H-pyrrole nitrogens is 1. The van der Waals surface area contributed by atoms with Crippen molar-refractivity contribution in [3.8, 4) is 11.4 Å². The van der Waals surface area contributed by atoms with Gasteiger partial charge < -0.3 is 4.74 Å². The van der Waals surface area contributed by atoms with E-state index >= 15 is 0 Å². The number of benzene rings is 3. The van der Waals surface area contributed by atoms with Crippen molar-refractivity contribution in [3.05, 3.63) is 111 Å². The molecule has 3 aromatic carbocycles. The minimum atomic E-state index is -4.30. The van der Waals surface area contributed by atoms with Crippen molar-refractivity contribution in [2.45, 2.75) is 24.0 Å². The lowest BCUT2D eigenvalue weighted by atomic mass is 10.0. The summed E-state index contributed by atoms with van der Waals surface area (Å²) in [5.74, 6) is -1.21. The summed E-state index contributed by atoms with van der Waals surface area (Å²) in [6, 6.07) is 16.4. The van der Waals surface area contributed by atoms with Gasteiger partial charge in [0.1, 0.15) is 24.2 Å². The summed E-state index contributed by atoms with van der Waals surface area (Å²) < 4.78 is 48.3. The van der Waals surface area contributed by atoms with Crippen LogP contribution in [0.5, 0.6) is 5.75 Å². The maximum atomic E-state index is 13.6. The number of nitrogens with zero attached hydrogens (tertiary/aromatic N) is 2. The van der Waals surface area contributed by atoms with Crippen molar-refractivity contribution in [1.82, 2.24) is 19.6 Å². The molecule has 1 atom stereocenters. The zero-order chi connectivity index (χ0) is 27.7. The fourth-order valence-corrected chi connectivity index (χ4v) is 6.23. The Morgan fingerprint density at radius 1 is 1.13 bits per heavy atom. The summed E-state index contributed by atoms with van der Waals surface area (Å²) in [6.07, 6.45) is 0.137. The number of ether oxygens (including phenoxy) is 1. The summed E-state index contributed by atoms with van der Waals surface area (Å²) >= 11 is 6.02. The van der Waals surface area contributed by atoms with E-state index < -0.39 is 33.3 Å². The fraction of sp³-hybridized carbons (Fsp3) is 0.154. The number of amides is 1. The molecule has 0 fully saturated rings. The van der Waals surface area contributed by atoms with Crippen LogP contribution in [-0.2, 0) is 27.8 Å². The maximum Gasteiger partial charge on any atom is 0.276 e. The third kappa shape index (κ3) is 5.06. The molecule has 13 heteroatoms. The standard InChI is InChI=1S/C26H22ClFN4O6S/c27-21-14-17(28)7-6-16(21)15-38-19-8-10-20(11-9-19)39(36,37)31-13-12-22-23(24(31)25(33)30-35)26(34)32(29-22)18-4-2-1-3-5-18/h1-11,14,24,29,35H,12-13,15H2,(H,30,33). The Kier molecular flexibility index (Phi) is 7.28. The van der Waals surface area contributed by atoms with Crippen molar-refractivity contribution >= 4 is 27.5 Å². The number of hydrogen-bond donors (Lipinski definition) is 3. The van der Waals surface area contributed by atoms with Crippen molar-refractivity contribution in [2.75, 3.05) is 6.54 Å². The molecule has 0 spiro atoms. The average molecular weight is 573 g/mol. The zero-order valence-corrected chi connectivity index (χ0v) is 21.7. The molecule has 5 rings (SSSR count). The number of rotatable bonds is 7. The summed E-state index contributed by atoms with van der Waals surface area (Å²) in [4.78, 5) is 25.9. The molecule has 2 heterocycles. The second-order valence-electron chi connectivity index (χ2n) is 8.72. The number of hydroxylamine groups is 1. The summed E-state index contributed by atoms with van der Waals surface area (Å²) in [5, 5.41) is 12.6. The number of sulfonamides is 1. The Labute approximate surface area is 227 Å².